The zero-order valence-corrected chi connectivity index (χ0v) is 13.8. The highest BCUT2D eigenvalue weighted by Gasteiger charge is 2.35. The van der Waals surface area contributed by atoms with Gasteiger partial charge in [0.05, 0.1) is 18.2 Å². The molecule has 1 saturated heterocycles. The number of hydrogen-bond donors (Lipinski definition) is 1. The number of carbonyl (C=O) groups excluding carboxylic acids is 1. The van der Waals surface area contributed by atoms with Crippen LogP contribution in [0.4, 0.5) is 0 Å². The van der Waals surface area contributed by atoms with Gasteiger partial charge in [0.2, 0.25) is 0 Å². The molecule has 0 radical (unpaired) electrons. The Morgan fingerprint density at radius 2 is 2.04 bits per heavy atom. The average molecular weight is 337 g/mol. The third kappa shape index (κ3) is 3.26. The summed E-state index contributed by atoms with van der Waals surface area (Å²) < 4.78 is 11.2. The van der Waals surface area contributed by atoms with Crippen molar-refractivity contribution in [2.75, 3.05) is 26.3 Å². The summed E-state index contributed by atoms with van der Waals surface area (Å²) in [6.07, 6.45) is 4.43. The third-order valence-corrected chi connectivity index (χ3v) is 4.96. The molecule has 23 heavy (non-hydrogen) atoms. The van der Waals surface area contributed by atoms with Crippen molar-refractivity contribution in [3.05, 3.63) is 22.7 Å². The summed E-state index contributed by atoms with van der Waals surface area (Å²) in [4.78, 5) is 15.0. The standard InChI is InChI=1S/C17H21ClN2O3/c18-14-8-11(9-15-16(14)23-7-1-6-22-15)17(21)19-12-4-5-20(10-12)13-2-3-13/h8-9,12-13H,1-7,10H2,(H,19,21). The molecule has 1 aromatic rings. The molecule has 1 atom stereocenters. The molecule has 1 amide bonds. The second-order valence-electron chi connectivity index (χ2n) is 6.52. The van der Waals surface area contributed by atoms with E-state index in [0.29, 0.717) is 35.3 Å². The number of likely N-dealkylation sites (tertiary alicyclic amines) is 1. The Hall–Kier alpha value is -1.46. The van der Waals surface area contributed by atoms with Crippen molar-refractivity contribution in [1.29, 1.82) is 0 Å². The maximum Gasteiger partial charge on any atom is 0.251 e. The minimum Gasteiger partial charge on any atom is -0.489 e. The van der Waals surface area contributed by atoms with Crippen molar-refractivity contribution < 1.29 is 14.3 Å². The maximum atomic E-state index is 12.5. The first-order valence-electron chi connectivity index (χ1n) is 8.35. The number of fused-ring (bicyclic) bond motifs is 1. The minimum absolute atomic E-state index is 0.0924. The van der Waals surface area contributed by atoms with E-state index in [-0.39, 0.29) is 11.9 Å². The van der Waals surface area contributed by atoms with Crippen LogP contribution in [0.1, 0.15) is 36.0 Å². The molecule has 0 aromatic heterocycles. The molecule has 5 nitrogen and oxygen atoms in total. The first-order valence-corrected chi connectivity index (χ1v) is 8.72. The monoisotopic (exact) mass is 336 g/mol. The number of carbonyl (C=O) groups is 1. The Morgan fingerprint density at radius 1 is 1.22 bits per heavy atom. The van der Waals surface area contributed by atoms with Gasteiger partial charge in [-0.1, -0.05) is 11.6 Å². The van der Waals surface area contributed by atoms with E-state index in [0.717, 1.165) is 32.0 Å². The Bertz CT molecular complexity index is 618. The maximum absolute atomic E-state index is 12.5. The quantitative estimate of drug-likeness (QED) is 0.921. The van der Waals surface area contributed by atoms with Crippen LogP contribution in [0.3, 0.4) is 0 Å². The van der Waals surface area contributed by atoms with Gasteiger partial charge in [0.15, 0.2) is 11.5 Å². The lowest BCUT2D eigenvalue weighted by Gasteiger charge is -2.16. The molecule has 1 aliphatic carbocycles. The number of ether oxygens (including phenoxy) is 2. The topological polar surface area (TPSA) is 50.8 Å². The normalized spacial score (nSPS) is 24.3. The summed E-state index contributed by atoms with van der Waals surface area (Å²) in [6.45, 7) is 3.19. The molecule has 0 bridgehead atoms. The molecule has 124 valence electrons. The number of hydrogen-bond acceptors (Lipinski definition) is 4. The highest BCUT2D eigenvalue weighted by atomic mass is 35.5. The number of halogens is 1. The van der Waals surface area contributed by atoms with Gasteiger partial charge in [0, 0.05) is 37.2 Å². The van der Waals surface area contributed by atoms with Crippen molar-refractivity contribution >= 4 is 17.5 Å². The van der Waals surface area contributed by atoms with Gasteiger partial charge in [-0.25, -0.2) is 0 Å². The van der Waals surface area contributed by atoms with E-state index < -0.39 is 0 Å². The fourth-order valence-corrected chi connectivity index (χ4v) is 3.57. The summed E-state index contributed by atoms with van der Waals surface area (Å²) in [6, 6.07) is 4.37. The number of nitrogens with zero attached hydrogens (tertiary/aromatic N) is 1. The smallest absolute Gasteiger partial charge is 0.251 e. The molecule has 1 N–H and O–H groups in total. The van der Waals surface area contributed by atoms with E-state index in [1.807, 2.05) is 0 Å². The average Bonchev–Trinajstić information content (AvgIpc) is 3.32. The number of benzene rings is 1. The zero-order chi connectivity index (χ0) is 15.8. The van der Waals surface area contributed by atoms with Gasteiger partial charge in [-0.2, -0.15) is 0 Å². The van der Waals surface area contributed by atoms with E-state index in [9.17, 15) is 4.79 Å². The van der Waals surface area contributed by atoms with Crippen LogP contribution < -0.4 is 14.8 Å². The van der Waals surface area contributed by atoms with Crippen LogP contribution >= 0.6 is 11.6 Å². The number of rotatable bonds is 3. The highest BCUT2D eigenvalue weighted by molar-refractivity contribution is 6.32. The molecule has 1 aromatic carbocycles. The van der Waals surface area contributed by atoms with Gasteiger partial charge >= 0.3 is 0 Å². The summed E-state index contributed by atoms with van der Waals surface area (Å²) >= 11 is 6.26. The van der Waals surface area contributed by atoms with Gasteiger partial charge in [-0.05, 0) is 31.4 Å². The van der Waals surface area contributed by atoms with Crippen molar-refractivity contribution in [2.24, 2.45) is 0 Å². The molecule has 0 spiro atoms. The molecule has 1 saturated carbocycles. The zero-order valence-electron chi connectivity index (χ0n) is 13.0. The van der Waals surface area contributed by atoms with Crippen LogP contribution in [-0.2, 0) is 0 Å². The molecule has 6 heteroatoms. The predicted molar refractivity (Wildman–Crippen MR) is 87.5 cm³/mol. The molecule has 2 aliphatic heterocycles. The molecular weight excluding hydrogens is 316 g/mol. The molecule has 4 rings (SSSR count). The summed E-state index contributed by atoms with van der Waals surface area (Å²) in [5, 5.41) is 3.55. The van der Waals surface area contributed by atoms with Gasteiger partial charge in [-0.15, -0.1) is 0 Å². The molecule has 1 unspecified atom stereocenters. The second kappa shape index (κ2) is 6.21. The van der Waals surface area contributed by atoms with Crippen LogP contribution in [0.25, 0.3) is 0 Å². The van der Waals surface area contributed by atoms with E-state index in [1.165, 1.54) is 12.8 Å². The van der Waals surface area contributed by atoms with Gasteiger partial charge in [0.1, 0.15) is 0 Å². The number of nitrogens with one attached hydrogen (secondary N) is 1. The van der Waals surface area contributed by atoms with Gasteiger partial charge in [0.25, 0.3) is 5.91 Å². The fraction of sp³-hybridized carbons (Fsp3) is 0.588. The summed E-state index contributed by atoms with van der Waals surface area (Å²) in [5.41, 5.74) is 0.532. The van der Waals surface area contributed by atoms with E-state index in [1.54, 1.807) is 12.1 Å². The van der Waals surface area contributed by atoms with Crippen molar-refractivity contribution in [3.8, 4) is 11.5 Å². The Labute approximate surface area is 140 Å². The summed E-state index contributed by atoms with van der Waals surface area (Å²) in [5.74, 6) is 1.01. The Balaban J connectivity index is 1.45. The molecule has 3 aliphatic rings. The predicted octanol–water partition coefficient (Wildman–Crippen LogP) is 2.47. The van der Waals surface area contributed by atoms with Crippen LogP contribution in [0.5, 0.6) is 11.5 Å². The molecule has 2 heterocycles. The van der Waals surface area contributed by atoms with E-state index >= 15 is 0 Å². The van der Waals surface area contributed by atoms with Crippen molar-refractivity contribution in [1.82, 2.24) is 10.2 Å². The van der Waals surface area contributed by atoms with Crippen LogP contribution in [0.15, 0.2) is 12.1 Å². The largest absolute Gasteiger partial charge is 0.489 e. The minimum atomic E-state index is -0.0924. The van der Waals surface area contributed by atoms with Crippen LogP contribution in [-0.4, -0.2) is 49.2 Å². The molecular formula is C17H21ClN2O3. The first kappa shape index (κ1) is 15.1. The third-order valence-electron chi connectivity index (χ3n) is 4.68. The lowest BCUT2D eigenvalue weighted by atomic mass is 10.1. The van der Waals surface area contributed by atoms with Gasteiger partial charge in [-0.3, -0.25) is 9.69 Å². The van der Waals surface area contributed by atoms with E-state index in [2.05, 4.69) is 10.2 Å². The van der Waals surface area contributed by atoms with Gasteiger partial charge < -0.3 is 14.8 Å². The Kier molecular flexibility index (Phi) is 4.07. The Morgan fingerprint density at radius 3 is 2.87 bits per heavy atom. The van der Waals surface area contributed by atoms with E-state index in [4.69, 9.17) is 21.1 Å². The summed E-state index contributed by atoms with van der Waals surface area (Å²) in [7, 11) is 0. The SMILES string of the molecule is O=C(NC1CCN(C2CC2)C1)c1cc(Cl)c2c(c1)OCCCO2. The number of amides is 1. The lowest BCUT2D eigenvalue weighted by Crippen LogP contribution is -2.37. The highest BCUT2D eigenvalue weighted by Crippen LogP contribution is 2.38. The van der Waals surface area contributed by atoms with Crippen LogP contribution in [0.2, 0.25) is 5.02 Å². The first-order chi connectivity index (χ1) is 11.2. The van der Waals surface area contributed by atoms with Crippen molar-refractivity contribution in [3.63, 3.8) is 0 Å². The van der Waals surface area contributed by atoms with Crippen LogP contribution in [0, 0.1) is 0 Å². The fourth-order valence-electron chi connectivity index (χ4n) is 3.31. The molecule has 2 fully saturated rings. The van der Waals surface area contributed by atoms with Crippen molar-refractivity contribution in [2.45, 2.75) is 37.8 Å². The second-order valence-corrected chi connectivity index (χ2v) is 6.93. The lowest BCUT2D eigenvalue weighted by molar-refractivity contribution is 0.0937.